The van der Waals surface area contributed by atoms with Crippen molar-refractivity contribution in [3.05, 3.63) is 71.6 Å². The summed E-state index contributed by atoms with van der Waals surface area (Å²) < 4.78 is 16.3. The first-order chi connectivity index (χ1) is 14.2. The maximum atomic E-state index is 5.55. The van der Waals surface area contributed by atoms with E-state index in [4.69, 9.17) is 19.0 Å². The van der Waals surface area contributed by atoms with Crippen LogP contribution in [0.2, 0.25) is 0 Å². The van der Waals surface area contributed by atoms with E-state index < -0.39 is 0 Å². The molecule has 2 aromatic carbocycles. The highest BCUT2D eigenvalue weighted by Crippen LogP contribution is 2.37. The Kier molecular flexibility index (Phi) is 4.41. The summed E-state index contributed by atoms with van der Waals surface area (Å²) in [7, 11) is 2.06. The van der Waals surface area contributed by atoms with Crippen molar-refractivity contribution in [3.8, 4) is 22.8 Å². The van der Waals surface area contributed by atoms with Crippen LogP contribution in [0.3, 0.4) is 0 Å². The van der Waals surface area contributed by atoms with E-state index in [1.54, 1.807) is 6.20 Å². The number of fused-ring (bicyclic) bond motifs is 2. The number of hydrogen-bond donors (Lipinski definition) is 0. The fraction of sp³-hybridized carbons (Fsp3) is 0.217. The Hall–Kier alpha value is -3.38. The van der Waals surface area contributed by atoms with Gasteiger partial charge < -0.3 is 14.0 Å². The van der Waals surface area contributed by atoms with Gasteiger partial charge in [-0.2, -0.15) is 0 Å². The Balaban J connectivity index is 1.59. The molecule has 1 aliphatic rings. The van der Waals surface area contributed by atoms with Gasteiger partial charge in [0.1, 0.15) is 0 Å². The van der Waals surface area contributed by atoms with Crippen LogP contribution in [-0.4, -0.2) is 28.9 Å². The van der Waals surface area contributed by atoms with Crippen LogP contribution in [0.1, 0.15) is 16.9 Å². The number of rotatable bonds is 5. The lowest BCUT2D eigenvalue weighted by Gasteiger charge is -2.18. The second kappa shape index (κ2) is 7.22. The highest BCUT2D eigenvalue weighted by Gasteiger charge is 2.18. The first kappa shape index (κ1) is 17.7. The van der Waals surface area contributed by atoms with E-state index in [0.29, 0.717) is 6.54 Å². The van der Waals surface area contributed by atoms with E-state index in [0.717, 1.165) is 51.5 Å². The van der Waals surface area contributed by atoms with E-state index in [2.05, 4.69) is 54.4 Å². The van der Waals surface area contributed by atoms with Crippen LogP contribution in [0, 0.1) is 6.92 Å². The minimum atomic E-state index is 0.253. The number of ether oxygens (including phenoxy) is 2. The zero-order chi connectivity index (χ0) is 19.8. The molecule has 0 saturated heterocycles. The van der Waals surface area contributed by atoms with Crippen LogP contribution >= 0.6 is 0 Å². The molecule has 0 aliphatic carbocycles. The molecule has 0 fully saturated rings. The van der Waals surface area contributed by atoms with E-state index in [1.807, 2.05) is 18.2 Å². The number of hydrogen-bond acceptors (Lipinski definition) is 6. The molecule has 1 aliphatic heterocycles. The molecule has 0 bridgehead atoms. The van der Waals surface area contributed by atoms with Gasteiger partial charge in [0.25, 0.3) is 0 Å². The molecule has 3 heterocycles. The van der Waals surface area contributed by atoms with Gasteiger partial charge in [-0.1, -0.05) is 28.9 Å². The Bertz CT molecular complexity index is 1170. The molecular weight excluding hydrogens is 366 g/mol. The first-order valence-corrected chi connectivity index (χ1v) is 9.54. The van der Waals surface area contributed by atoms with Gasteiger partial charge in [0.15, 0.2) is 17.3 Å². The lowest BCUT2D eigenvalue weighted by molar-refractivity contribution is 0.174. The van der Waals surface area contributed by atoms with Crippen molar-refractivity contribution in [2.75, 3.05) is 13.8 Å². The SMILES string of the molecule is Cc1cccc(-c2nc3cc4c(cc3cc2CN(C)Cc2ccno2)OCO4)c1. The molecule has 29 heavy (non-hydrogen) atoms. The third kappa shape index (κ3) is 3.54. The van der Waals surface area contributed by atoms with Crippen LogP contribution < -0.4 is 9.47 Å². The van der Waals surface area contributed by atoms with Crippen molar-refractivity contribution in [3.63, 3.8) is 0 Å². The van der Waals surface area contributed by atoms with E-state index >= 15 is 0 Å². The quantitative estimate of drug-likeness (QED) is 0.500. The molecule has 6 nitrogen and oxygen atoms in total. The van der Waals surface area contributed by atoms with Gasteiger partial charge >= 0.3 is 0 Å². The Labute approximate surface area is 168 Å². The predicted molar refractivity (Wildman–Crippen MR) is 110 cm³/mol. The van der Waals surface area contributed by atoms with Crippen molar-refractivity contribution >= 4 is 10.9 Å². The molecule has 0 N–H and O–H groups in total. The van der Waals surface area contributed by atoms with Gasteiger partial charge in [-0.25, -0.2) is 4.98 Å². The molecule has 5 rings (SSSR count). The minimum Gasteiger partial charge on any atom is -0.454 e. The summed E-state index contributed by atoms with van der Waals surface area (Å²) in [6, 6.07) is 16.5. The number of benzene rings is 2. The van der Waals surface area contributed by atoms with Gasteiger partial charge in [0.05, 0.1) is 24.0 Å². The van der Waals surface area contributed by atoms with Gasteiger partial charge in [0.2, 0.25) is 6.79 Å². The van der Waals surface area contributed by atoms with E-state index in [9.17, 15) is 0 Å². The summed E-state index contributed by atoms with van der Waals surface area (Å²) in [6.45, 7) is 3.75. The molecular formula is C23H21N3O3. The summed E-state index contributed by atoms with van der Waals surface area (Å²) in [5, 5.41) is 4.83. The molecule has 6 heteroatoms. The van der Waals surface area contributed by atoms with Gasteiger partial charge in [0, 0.05) is 29.6 Å². The summed E-state index contributed by atoms with van der Waals surface area (Å²) in [5.74, 6) is 2.35. The van der Waals surface area contributed by atoms with Gasteiger partial charge in [-0.15, -0.1) is 0 Å². The predicted octanol–water partition coefficient (Wildman–Crippen LogP) is 4.56. The lowest BCUT2D eigenvalue weighted by Crippen LogP contribution is -2.17. The Morgan fingerprint density at radius 3 is 2.66 bits per heavy atom. The van der Waals surface area contributed by atoms with Gasteiger partial charge in [-0.3, -0.25) is 4.90 Å². The molecule has 0 atom stereocenters. The van der Waals surface area contributed by atoms with Crippen LogP contribution in [0.4, 0.5) is 0 Å². The van der Waals surface area contributed by atoms with E-state index in [1.165, 1.54) is 5.56 Å². The Morgan fingerprint density at radius 2 is 1.86 bits per heavy atom. The number of aryl methyl sites for hydroxylation is 1. The van der Waals surface area contributed by atoms with Crippen LogP contribution in [0.15, 0.2) is 59.3 Å². The zero-order valence-electron chi connectivity index (χ0n) is 16.4. The second-order valence-corrected chi connectivity index (χ2v) is 7.41. The fourth-order valence-corrected chi connectivity index (χ4v) is 3.71. The standard InChI is InChI=1S/C23H21N3O3/c1-15-4-3-5-16(8-15)23-18(12-26(2)13-19-6-7-24-29-19)9-17-10-21-22(28-14-27-21)11-20(17)25-23/h3-11H,12-14H2,1-2H3. The zero-order valence-corrected chi connectivity index (χ0v) is 16.4. The highest BCUT2D eigenvalue weighted by atomic mass is 16.7. The molecule has 0 radical (unpaired) electrons. The second-order valence-electron chi connectivity index (χ2n) is 7.41. The monoisotopic (exact) mass is 387 g/mol. The van der Waals surface area contributed by atoms with Crippen molar-refractivity contribution < 1.29 is 14.0 Å². The van der Waals surface area contributed by atoms with Gasteiger partial charge in [-0.05, 0) is 37.7 Å². The summed E-state index contributed by atoms with van der Waals surface area (Å²) in [6.07, 6.45) is 1.67. The molecule has 0 saturated carbocycles. The van der Waals surface area contributed by atoms with Crippen LogP contribution in [-0.2, 0) is 13.1 Å². The summed E-state index contributed by atoms with van der Waals surface area (Å²) in [4.78, 5) is 7.21. The maximum Gasteiger partial charge on any atom is 0.231 e. The first-order valence-electron chi connectivity index (χ1n) is 9.54. The average Bonchev–Trinajstić information content (AvgIpc) is 3.37. The molecule has 2 aromatic heterocycles. The molecule has 0 unspecified atom stereocenters. The smallest absolute Gasteiger partial charge is 0.231 e. The minimum absolute atomic E-state index is 0.253. The number of pyridine rings is 1. The average molecular weight is 387 g/mol. The summed E-state index contributed by atoms with van der Waals surface area (Å²) >= 11 is 0. The highest BCUT2D eigenvalue weighted by molar-refractivity contribution is 5.86. The number of aromatic nitrogens is 2. The van der Waals surface area contributed by atoms with Crippen molar-refractivity contribution in [2.45, 2.75) is 20.0 Å². The molecule has 4 aromatic rings. The van der Waals surface area contributed by atoms with Crippen LogP contribution in [0.25, 0.3) is 22.2 Å². The summed E-state index contributed by atoms with van der Waals surface area (Å²) in [5.41, 5.74) is 5.32. The fourth-order valence-electron chi connectivity index (χ4n) is 3.71. The van der Waals surface area contributed by atoms with Crippen molar-refractivity contribution in [2.24, 2.45) is 0 Å². The normalized spacial score (nSPS) is 12.8. The molecule has 0 spiro atoms. The molecule has 146 valence electrons. The van der Waals surface area contributed by atoms with E-state index in [-0.39, 0.29) is 6.79 Å². The van der Waals surface area contributed by atoms with Crippen molar-refractivity contribution in [1.82, 2.24) is 15.0 Å². The lowest BCUT2D eigenvalue weighted by atomic mass is 10.0. The largest absolute Gasteiger partial charge is 0.454 e. The van der Waals surface area contributed by atoms with Crippen LogP contribution in [0.5, 0.6) is 11.5 Å². The molecule has 0 amide bonds. The maximum absolute atomic E-state index is 5.55. The number of nitrogens with zero attached hydrogens (tertiary/aromatic N) is 3. The third-order valence-electron chi connectivity index (χ3n) is 5.04. The topological polar surface area (TPSA) is 60.6 Å². The Morgan fingerprint density at radius 1 is 1.00 bits per heavy atom. The third-order valence-corrected chi connectivity index (χ3v) is 5.04. The van der Waals surface area contributed by atoms with Crippen molar-refractivity contribution in [1.29, 1.82) is 0 Å².